The molecule has 1 N–H and O–H groups in total. The average molecular weight is 629 g/mol. The van der Waals surface area contributed by atoms with E-state index in [0.29, 0.717) is 35.9 Å². The van der Waals surface area contributed by atoms with Gasteiger partial charge in [0.25, 0.3) is 5.91 Å². The molecule has 1 spiro atoms. The molecule has 2 aromatic carbocycles. The Labute approximate surface area is 280 Å². The predicted octanol–water partition coefficient (Wildman–Crippen LogP) is 7.46. The fourth-order valence-corrected chi connectivity index (χ4v) is 8.29. The first-order valence-corrected chi connectivity index (χ1v) is 17.4. The molecule has 244 valence electrons. The minimum absolute atomic E-state index is 0.135. The zero-order valence-corrected chi connectivity index (χ0v) is 28.6. The average Bonchev–Trinajstić information content (AvgIpc) is 3.86. The summed E-state index contributed by atoms with van der Waals surface area (Å²) in [7, 11) is 2.21. The van der Waals surface area contributed by atoms with E-state index < -0.39 is 0 Å². The fourth-order valence-electron chi connectivity index (χ4n) is 8.29. The first kappa shape index (κ1) is 31.6. The van der Waals surface area contributed by atoms with Crippen LogP contribution in [-0.4, -0.2) is 59.8 Å². The molecule has 1 aromatic heterocycles. The van der Waals surface area contributed by atoms with Crippen LogP contribution in [0.25, 0.3) is 11.1 Å². The molecule has 0 unspecified atom stereocenters. The van der Waals surface area contributed by atoms with E-state index in [2.05, 4.69) is 97.6 Å². The van der Waals surface area contributed by atoms with E-state index in [9.17, 15) is 9.59 Å². The Kier molecular flexibility index (Phi) is 8.20. The van der Waals surface area contributed by atoms with Gasteiger partial charge in [-0.2, -0.15) is 0 Å². The molecule has 2 aliphatic heterocycles. The normalized spacial score (nSPS) is 20.3. The third kappa shape index (κ3) is 6.09. The van der Waals surface area contributed by atoms with Crippen LogP contribution in [0.2, 0.25) is 0 Å². The molecule has 0 bridgehead atoms. The highest BCUT2D eigenvalue weighted by atomic mass is 16.2. The molecular weight excluding hydrogens is 580 g/mol. The number of rotatable bonds is 8. The number of aryl methyl sites for hydroxylation is 1. The monoisotopic (exact) mass is 628 g/mol. The summed E-state index contributed by atoms with van der Waals surface area (Å²) in [4.78, 5) is 35.4. The number of nitrogens with one attached hydrogen (secondary N) is 1. The highest BCUT2D eigenvalue weighted by molar-refractivity contribution is 5.95. The van der Waals surface area contributed by atoms with E-state index in [1.807, 2.05) is 24.1 Å². The Hall–Kier alpha value is -4.03. The molecule has 4 aliphatic rings. The summed E-state index contributed by atoms with van der Waals surface area (Å²) in [5, 5.41) is 3.19. The van der Waals surface area contributed by atoms with Gasteiger partial charge in [-0.1, -0.05) is 79.6 Å². The maximum absolute atomic E-state index is 13.4. The van der Waals surface area contributed by atoms with Gasteiger partial charge in [-0.3, -0.25) is 14.6 Å². The Bertz CT molecular complexity index is 1730. The SMILES string of the molecule is Cc1ccc(C(=C2CC3(C2)CN(C)C3)c2ccc([C@@H](C)NC(=O)c3cncc(C4=CCN(C(=O)C5(C(C)C)CC5)CC4)c3)cc2)cc1. The van der Waals surface area contributed by atoms with Gasteiger partial charge in [-0.15, -0.1) is 0 Å². The second-order valence-electron chi connectivity index (χ2n) is 15.2. The molecular formula is C41H48N4O2. The molecule has 2 amide bonds. The number of likely N-dealkylation sites (tertiary alicyclic amines) is 1. The highest BCUT2D eigenvalue weighted by Gasteiger charge is 2.53. The smallest absolute Gasteiger partial charge is 0.253 e. The maximum Gasteiger partial charge on any atom is 0.253 e. The Morgan fingerprint density at radius 2 is 1.55 bits per heavy atom. The van der Waals surface area contributed by atoms with E-state index in [1.54, 1.807) is 11.8 Å². The lowest BCUT2D eigenvalue weighted by Crippen LogP contribution is -2.58. The van der Waals surface area contributed by atoms with Gasteiger partial charge in [0.2, 0.25) is 5.91 Å². The second kappa shape index (κ2) is 12.2. The fraction of sp³-hybridized carbons (Fsp3) is 0.439. The van der Waals surface area contributed by atoms with E-state index >= 15 is 0 Å². The number of carbonyl (C=O) groups excluding carboxylic acids is 2. The van der Waals surface area contributed by atoms with Crippen molar-refractivity contribution in [2.75, 3.05) is 33.2 Å². The van der Waals surface area contributed by atoms with Crippen molar-refractivity contribution in [1.29, 1.82) is 0 Å². The van der Waals surface area contributed by atoms with Gasteiger partial charge in [-0.05, 0) is 98.4 Å². The molecule has 3 aromatic rings. The quantitative estimate of drug-likeness (QED) is 0.281. The number of hydrogen-bond acceptors (Lipinski definition) is 4. The van der Waals surface area contributed by atoms with Crippen molar-refractivity contribution in [1.82, 2.24) is 20.1 Å². The third-order valence-corrected chi connectivity index (χ3v) is 11.3. The predicted molar refractivity (Wildman–Crippen MR) is 189 cm³/mol. The van der Waals surface area contributed by atoms with E-state index in [4.69, 9.17) is 0 Å². The molecule has 2 aliphatic carbocycles. The van der Waals surface area contributed by atoms with Crippen molar-refractivity contribution in [3.8, 4) is 0 Å². The molecule has 6 heteroatoms. The Morgan fingerprint density at radius 1 is 0.894 bits per heavy atom. The van der Waals surface area contributed by atoms with Gasteiger partial charge in [-0.25, -0.2) is 0 Å². The summed E-state index contributed by atoms with van der Waals surface area (Å²) in [6.07, 6.45) is 10.7. The molecule has 6 nitrogen and oxygen atoms in total. The summed E-state index contributed by atoms with van der Waals surface area (Å²) < 4.78 is 0. The lowest BCUT2D eigenvalue weighted by Gasteiger charge is -2.56. The Morgan fingerprint density at radius 3 is 2.13 bits per heavy atom. The van der Waals surface area contributed by atoms with Crippen molar-refractivity contribution in [2.45, 2.75) is 65.8 Å². The van der Waals surface area contributed by atoms with E-state index in [-0.39, 0.29) is 17.4 Å². The maximum atomic E-state index is 13.4. The van der Waals surface area contributed by atoms with Crippen molar-refractivity contribution < 1.29 is 9.59 Å². The van der Waals surface area contributed by atoms with Gasteiger partial charge in [0.05, 0.1) is 17.0 Å². The third-order valence-electron chi connectivity index (χ3n) is 11.3. The summed E-state index contributed by atoms with van der Waals surface area (Å²) in [5.41, 5.74) is 10.8. The standard InChI is InChI=1S/C41H48N4O2/c1-27(2)41(16-17-41)39(47)45-18-14-31(15-19-45)34-20-35(24-42-23-34)38(46)43-29(4)30-10-12-33(13-11-30)37(32-8-6-28(3)7-9-32)36-21-40(22-36)25-44(5)26-40/h6-14,20,23-24,27,29H,15-19,21-22,25-26H2,1-5H3,(H,43,46)/t29-/m1/s1. The van der Waals surface area contributed by atoms with Crippen molar-refractivity contribution >= 4 is 23.0 Å². The van der Waals surface area contributed by atoms with E-state index in [0.717, 1.165) is 36.0 Å². The van der Waals surface area contributed by atoms with Crippen LogP contribution in [0.1, 0.15) is 97.1 Å². The highest BCUT2D eigenvalue weighted by Crippen LogP contribution is 2.55. The summed E-state index contributed by atoms with van der Waals surface area (Å²) in [6, 6.07) is 19.4. The van der Waals surface area contributed by atoms with Gasteiger partial charge in [0.1, 0.15) is 0 Å². The van der Waals surface area contributed by atoms with Crippen LogP contribution in [-0.2, 0) is 4.79 Å². The number of nitrogens with zero attached hydrogens (tertiary/aromatic N) is 3. The molecule has 0 radical (unpaired) electrons. The number of hydrogen-bond donors (Lipinski definition) is 1. The van der Waals surface area contributed by atoms with E-state index in [1.165, 1.54) is 48.2 Å². The molecule has 47 heavy (non-hydrogen) atoms. The number of carbonyl (C=O) groups is 2. The molecule has 3 fully saturated rings. The minimum Gasteiger partial charge on any atom is -0.345 e. The van der Waals surface area contributed by atoms with Crippen LogP contribution in [0.5, 0.6) is 0 Å². The summed E-state index contributed by atoms with van der Waals surface area (Å²) in [5.74, 6) is 0.546. The molecule has 1 saturated heterocycles. The number of aromatic nitrogens is 1. The summed E-state index contributed by atoms with van der Waals surface area (Å²) in [6.45, 7) is 12.2. The number of benzene rings is 2. The molecule has 1 atom stereocenters. The lowest BCUT2D eigenvalue weighted by molar-refractivity contribution is -0.138. The number of amides is 2. The molecule has 3 heterocycles. The lowest BCUT2D eigenvalue weighted by atomic mass is 9.59. The van der Waals surface area contributed by atoms with Crippen LogP contribution in [0.3, 0.4) is 0 Å². The second-order valence-corrected chi connectivity index (χ2v) is 15.2. The minimum atomic E-state index is -0.155. The van der Waals surface area contributed by atoms with Gasteiger partial charge in [0, 0.05) is 44.0 Å². The topological polar surface area (TPSA) is 65.5 Å². The van der Waals surface area contributed by atoms with Crippen LogP contribution in [0, 0.1) is 23.7 Å². The van der Waals surface area contributed by atoms with Crippen molar-refractivity contribution in [2.24, 2.45) is 16.7 Å². The van der Waals surface area contributed by atoms with Crippen LogP contribution < -0.4 is 5.32 Å². The summed E-state index contributed by atoms with van der Waals surface area (Å²) >= 11 is 0. The van der Waals surface area contributed by atoms with Crippen molar-refractivity contribution in [3.63, 3.8) is 0 Å². The molecule has 2 saturated carbocycles. The largest absolute Gasteiger partial charge is 0.345 e. The zero-order chi connectivity index (χ0) is 32.9. The van der Waals surface area contributed by atoms with Crippen molar-refractivity contribution in [3.05, 3.63) is 112 Å². The van der Waals surface area contributed by atoms with Gasteiger partial charge >= 0.3 is 0 Å². The van der Waals surface area contributed by atoms with Gasteiger partial charge < -0.3 is 15.1 Å². The van der Waals surface area contributed by atoms with Crippen LogP contribution in [0.15, 0.2) is 78.6 Å². The van der Waals surface area contributed by atoms with Crippen LogP contribution >= 0.6 is 0 Å². The zero-order valence-electron chi connectivity index (χ0n) is 28.6. The molecule has 7 rings (SSSR count). The number of allylic oxidation sites excluding steroid dienone is 1. The Balaban J connectivity index is 1.02. The first-order chi connectivity index (χ1) is 22.6. The first-order valence-electron chi connectivity index (χ1n) is 17.4. The van der Waals surface area contributed by atoms with Crippen LogP contribution in [0.4, 0.5) is 0 Å². The van der Waals surface area contributed by atoms with Gasteiger partial charge in [0.15, 0.2) is 0 Å². The number of pyridine rings is 1.